The lowest BCUT2D eigenvalue weighted by Gasteiger charge is -2.36. The van der Waals surface area contributed by atoms with Gasteiger partial charge in [-0.2, -0.15) is 5.10 Å². The van der Waals surface area contributed by atoms with Crippen molar-refractivity contribution < 1.29 is 18.7 Å². The standard InChI is InChI=1S/C27H30N4O4/c1-33-22-9-5-20(6-10-22)24-18-25(26-4-3-17-35-26)31(28-24)27(32)19-29-13-15-30(16-14-29)21-7-11-23(34-2)12-8-21/h3-12,17,25H,13-16,18-19H2,1-2H3/t25-/m0/s1. The summed E-state index contributed by atoms with van der Waals surface area (Å²) in [5.74, 6) is 2.36. The molecule has 0 N–H and O–H groups in total. The Balaban J connectivity index is 1.25. The number of amides is 1. The highest BCUT2D eigenvalue weighted by Crippen LogP contribution is 2.33. The van der Waals surface area contributed by atoms with Crippen molar-refractivity contribution in [3.8, 4) is 11.5 Å². The molecule has 182 valence electrons. The van der Waals surface area contributed by atoms with Crippen LogP contribution >= 0.6 is 0 Å². The normalized spacial score (nSPS) is 18.5. The highest BCUT2D eigenvalue weighted by molar-refractivity contribution is 6.03. The molecule has 1 saturated heterocycles. The summed E-state index contributed by atoms with van der Waals surface area (Å²) in [5.41, 5.74) is 3.01. The molecule has 1 fully saturated rings. The van der Waals surface area contributed by atoms with Gasteiger partial charge in [-0.15, -0.1) is 0 Å². The van der Waals surface area contributed by atoms with Crippen LogP contribution < -0.4 is 14.4 Å². The first-order valence-corrected chi connectivity index (χ1v) is 11.8. The van der Waals surface area contributed by atoms with Crippen LogP contribution in [0, 0.1) is 0 Å². The molecule has 2 aromatic carbocycles. The van der Waals surface area contributed by atoms with Gasteiger partial charge in [-0.05, 0) is 66.2 Å². The van der Waals surface area contributed by atoms with E-state index in [0.29, 0.717) is 13.0 Å². The number of hydrogen-bond acceptors (Lipinski definition) is 7. The predicted molar refractivity (Wildman–Crippen MR) is 134 cm³/mol. The Bertz CT molecular complexity index is 1150. The summed E-state index contributed by atoms with van der Waals surface area (Å²) in [6.07, 6.45) is 2.25. The molecule has 0 aliphatic carbocycles. The third-order valence-electron chi connectivity index (χ3n) is 6.63. The van der Waals surface area contributed by atoms with Crippen molar-refractivity contribution in [3.05, 3.63) is 78.3 Å². The quantitative estimate of drug-likeness (QED) is 0.519. The second-order valence-corrected chi connectivity index (χ2v) is 8.71. The lowest BCUT2D eigenvalue weighted by molar-refractivity contribution is -0.134. The van der Waals surface area contributed by atoms with Crippen molar-refractivity contribution in [2.24, 2.45) is 5.10 Å². The molecule has 1 amide bonds. The van der Waals surface area contributed by atoms with Crippen molar-refractivity contribution >= 4 is 17.3 Å². The molecule has 0 unspecified atom stereocenters. The lowest BCUT2D eigenvalue weighted by atomic mass is 10.0. The van der Waals surface area contributed by atoms with Gasteiger partial charge in [0.15, 0.2) is 0 Å². The Morgan fingerprint density at radius 3 is 2.20 bits per heavy atom. The lowest BCUT2D eigenvalue weighted by Crippen LogP contribution is -2.49. The number of nitrogens with zero attached hydrogens (tertiary/aromatic N) is 4. The monoisotopic (exact) mass is 474 g/mol. The van der Waals surface area contributed by atoms with Crippen molar-refractivity contribution in [2.75, 3.05) is 51.8 Å². The van der Waals surface area contributed by atoms with Gasteiger partial charge < -0.3 is 18.8 Å². The van der Waals surface area contributed by atoms with E-state index in [1.807, 2.05) is 48.5 Å². The summed E-state index contributed by atoms with van der Waals surface area (Å²) in [5, 5.41) is 6.35. The third kappa shape index (κ3) is 5.02. The maximum atomic E-state index is 13.4. The van der Waals surface area contributed by atoms with E-state index < -0.39 is 0 Å². The number of rotatable bonds is 7. The Hall–Kier alpha value is -3.78. The van der Waals surface area contributed by atoms with E-state index in [2.05, 4.69) is 21.9 Å². The predicted octanol–water partition coefficient (Wildman–Crippen LogP) is 3.80. The van der Waals surface area contributed by atoms with Gasteiger partial charge >= 0.3 is 0 Å². The maximum absolute atomic E-state index is 13.4. The molecule has 1 atom stereocenters. The minimum Gasteiger partial charge on any atom is -0.497 e. The number of furan rings is 1. The minimum absolute atomic E-state index is 0.0205. The van der Waals surface area contributed by atoms with E-state index in [9.17, 15) is 4.79 Å². The molecule has 0 bridgehead atoms. The largest absolute Gasteiger partial charge is 0.497 e. The summed E-state index contributed by atoms with van der Waals surface area (Å²) >= 11 is 0. The molecule has 35 heavy (non-hydrogen) atoms. The molecular formula is C27H30N4O4. The molecule has 2 aliphatic heterocycles. The van der Waals surface area contributed by atoms with Crippen LogP contribution in [0.1, 0.15) is 23.8 Å². The fourth-order valence-electron chi connectivity index (χ4n) is 4.62. The van der Waals surface area contributed by atoms with Crippen LogP contribution in [0.25, 0.3) is 0 Å². The smallest absolute Gasteiger partial charge is 0.257 e. The number of ether oxygens (including phenoxy) is 2. The number of anilines is 1. The molecule has 3 heterocycles. The minimum atomic E-state index is -0.241. The topological polar surface area (TPSA) is 70.8 Å². The Morgan fingerprint density at radius 2 is 1.60 bits per heavy atom. The van der Waals surface area contributed by atoms with Crippen LogP contribution in [0.4, 0.5) is 5.69 Å². The zero-order valence-corrected chi connectivity index (χ0v) is 20.1. The number of methoxy groups -OCH3 is 2. The zero-order valence-electron chi connectivity index (χ0n) is 20.1. The van der Waals surface area contributed by atoms with Gasteiger partial charge in [0.25, 0.3) is 5.91 Å². The van der Waals surface area contributed by atoms with Gasteiger partial charge in [-0.25, -0.2) is 5.01 Å². The molecule has 5 rings (SSSR count). The SMILES string of the molecule is COc1ccc(C2=NN(C(=O)CN3CCN(c4ccc(OC)cc4)CC3)[C@H](c3ccco3)C2)cc1. The first-order chi connectivity index (χ1) is 17.1. The molecule has 8 nitrogen and oxygen atoms in total. The van der Waals surface area contributed by atoms with E-state index in [1.165, 1.54) is 5.69 Å². The molecule has 3 aromatic rings. The number of hydrogen-bond donors (Lipinski definition) is 0. The van der Waals surface area contributed by atoms with Gasteiger partial charge in [0.05, 0.1) is 32.7 Å². The van der Waals surface area contributed by atoms with Gasteiger partial charge in [0, 0.05) is 38.3 Å². The Labute approximate surface area is 205 Å². The van der Waals surface area contributed by atoms with Crippen molar-refractivity contribution in [3.63, 3.8) is 0 Å². The van der Waals surface area contributed by atoms with Crippen LogP contribution in [0.5, 0.6) is 11.5 Å². The Kier molecular flexibility index (Phi) is 6.72. The highest BCUT2D eigenvalue weighted by Gasteiger charge is 2.35. The zero-order chi connectivity index (χ0) is 24.2. The number of carbonyl (C=O) groups excluding carboxylic acids is 1. The van der Waals surface area contributed by atoms with Gasteiger partial charge in [-0.1, -0.05) is 0 Å². The second kappa shape index (κ2) is 10.2. The second-order valence-electron chi connectivity index (χ2n) is 8.71. The summed E-state index contributed by atoms with van der Waals surface area (Å²) in [7, 11) is 3.32. The van der Waals surface area contributed by atoms with E-state index in [0.717, 1.165) is 54.7 Å². The van der Waals surface area contributed by atoms with Crippen molar-refractivity contribution in [1.29, 1.82) is 0 Å². The first-order valence-electron chi connectivity index (χ1n) is 11.8. The summed E-state index contributed by atoms with van der Waals surface area (Å²) in [6, 6.07) is 19.4. The van der Waals surface area contributed by atoms with Crippen LogP contribution in [0.15, 0.2) is 76.4 Å². The maximum Gasteiger partial charge on any atom is 0.257 e. The molecule has 0 spiro atoms. The highest BCUT2D eigenvalue weighted by atomic mass is 16.5. The van der Waals surface area contributed by atoms with Crippen LogP contribution in [-0.4, -0.2) is 68.5 Å². The number of hydrazone groups is 1. The molecule has 0 radical (unpaired) electrons. The number of carbonyl (C=O) groups is 1. The van der Waals surface area contributed by atoms with Gasteiger partial charge in [0.2, 0.25) is 0 Å². The summed E-state index contributed by atoms with van der Waals surface area (Å²) in [6.45, 7) is 3.67. The molecular weight excluding hydrogens is 444 g/mol. The van der Waals surface area contributed by atoms with Crippen LogP contribution in [0.3, 0.4) is 0 Å². The Morgan fingerprint density at radius 1 is 0.943 bits per heavy atom. The third-order valence-corrected chi connectivity index (χ3v) is 6.63. The average Bonchev–Trinajstić information content (AvgIpc) is 3.60. The van der Waals surface area contributed by atoms with Crippen LogP contribution in [-0.2, 0) is 4.79 Å². The van der Waals surface area contributed by atoms with E-state index in [1.54, 1.807) is 25.5 Å². The van der Waals surface area contributed by atoms with Crippen LogP contribution in [0.2, 0.25) is 0 Å². The van der Waals surface area contributed by atoms with Crippen molar-refractivity contribution in [2.45, 2.75) is 12.5 Å². The molecule has 8 heteroatoms. The molecule has 2 aliphatic rings. The summed E-state index contributed by atoms with van der Waals surface area (Å²) in [4.78, 5) is 17.9. The number of piperazine rings is 1. The molecule has 1 aromatic heterocycles. The first kappa shape index (κ1) is 23.0. The molecule has 0 saturated carbocycles. The summed E-state index contributed by atoms with van der Waals surface area (Å²) < 4.78 is 16.2. The average molecular weight is 475 g/mol. The van der Waals surface area contributed by atoms with Gasteiger partial charge in [0.1, 0.15) is 23.3 Å². The fourth-order valence-corrected chi connectivity index (χ4v) is 4.62. The fraction of sp³-hybridized carbons (Fsp3) is 0.333. The van der Waals surface area contributed by atoms with E-state index in [4.69, 9.17) is 19.0 Å². The van der Waals surface area contributed by atoms with E-state index in [-0.39, 0.29) is 11.9 Å². The van der Waals surface area contributed by atoms with Crippen molar-refractivity contribution in [1.82, 2.24) is 9.91 Å². The van der Waals surface area contributed by atoms with E-state index >= 15 is 0 Å². The number of benzene rings is 2. The van der Waals surface area contributed by atoms with Gasteiger partial charge in [-0.3, -0.25) is 9.69 Å².